The zero-order valence-electron chi connectivity index (χ0n) is 13.1. The standard InChI is InChI=1S/C19H25NO/c1-15-12-18(21)20(14-17-9-5-4-8-16(17)2)19(13-15)10-6-3-7-11-19/h3-6,8-9,15H,7,10-14H2,1-2H3. The van der Waals surface area contributed by atoms with Gasteiger partial charge in [0.1, 0.15) is 0 Å². The van der Waals surface area contributed by atoms with Gasteiger partial charge in [0.05, 0.1) is 0 Å². The van der Waals surface area contributed by atoms with Crippen LogP contribution in [0.2, 0.25) is 0 Å². The highest BCUT2D eigenvalue weighted by molar-refractivity contribution is 5.78. The van der Waals surface area contributed by atoms with E-state index in [-0.39, 0.29) is 5.54 Å². The van der Waals surface area contributed by atoms with E-state index in [1.54, 1.807) is 0 Å². The molecule has 1 fully saturated rings. The highest BCUT2D eigenvalue weighted by atomic mass is 16.2. The number of allylic oxidation sites excluding steroid dienone is 1. The van der Waals surface area contributed by atoms with E-state index in [2.05, 4.69) is 55.2 Å². The molecule has 1 aromatic carbocycles. The number of hydrogen-bond acceptors (Lipinski definition) is 1. The first-order valence-corrected chi connectivity index (χ1v) is 8.11. The number of aryl methyl sites for hydroxylation is 1. The Morgan fingerprint density at radius 2 is 2.10 bits per heavy atom. The Morgan fingerprint density at radius 3 is 2.81 bits per heavy atom. The second-order valence-corrected chi connectivity index (χ2v) is 6.86. The number of nitrogens with zero attached hydrogens (tertiary/aromatic N) is 1. The minimum Gasteiger partial charge on any atom is -0.332 e. The molecule has 1 aliphatic heterocycles. The van der Waals surface area contributed by atoms with Gasteiger partial charge in [0.15, 0.2) is 0 Å². The molecule has 1 heterocycles. The van der Waals surface area contributed by atoms with Gasteiger partial charge in [0.25, 0.3) is 0 Å². The van der Waals surface area contributed by atoms with Crippen LogP contribution in [0.25, 0.3) is 0 Å². The summed E-state index contributed by atoms with van der Waals surface area (Å²) in [5.41, 5.74) is 2.63. The molecule has 1 aromatic rings. The number of hydrogen-bond donors (Lipinski definition) is 0. The molecule has 0 bridgehead atoms. The predicted octanol–water partition coefficient (Wildman–Crippen LogP) is 4.23. The highest BCUT2D eigenvalue weighted by Gasteiger charge is 2.44. The molecule has 21 heavy (non-hydrogen) atoms. The van der Waals surface area contributed by atoms with Crippen LogP contribution in [0.4, 0.5) is 0 Å². The van der Waals surface area contributed by atoms with E-state index in [1.165, 1.54) is 11.1 Å². The first-order valence-electron chi connectivity index (χ1n) is 8.11. The molecule has 0 saturated carbocycles. The van der Waals surface area contributed by atoms with Crippen molar-refractivity contribution in [3.63, 3.8) is 0 Å². The number of carbonyl (C=O) groups excluding carboxylic acids is 1. The van der Waals surface area contributed by atoms with Gasteiger partial charge >= 0.3 is 0 Å². The molecular formula is C19H25NO. The van der Waals surface area contributed by atoms with Crippen LogP contribution >= 0.6 is 0 Å². The second-order valence-electron chi connectivity index (χ2n) is 6.86. The van der Waals surface area contributed by atoms with Crippen LogP contribution in [0.1, 0.15) is 50.2 Å². The van der Waals surface area contributed by atoms with Crippen LogP contribution in [-0.2, 0) is 11.3 Å². The molecule has 1 amide bonds. The molecule has 0 N–H and O–H groups in total. The molecule has 2 atom stereocenters. The number of benzene rings is 1. The predicted molar refractivity (Wildman–Crippen MR) is 85.8 cm³/mol. The lowest BCUT2D eigenvalue weighted by Crippen LogP contribution is -2.56. The van der Waals surface area contributed by atoms with Crippen LogP contribution < -0.4 is 0 Å². The van der Waals surface area contributed by atoms with Crippen molar-refractivity contribution in [3.05, 3.63) is 47.5 Å². The summed E-state index contributed by atoms with van der Waals surface area (Å²) in [6.45, 7) is 5.13. The third-order valence-corrected chi connectivity index (χ3v) is 5.16. The van der Waals surface area contributed by atoms with Gasteiger partial charge < -0.3 is 4.90 Å². The number of carbonyl (C=O) groups is 1. The first-order chi connectivity index (χ1) is 10.1. The summed E-state index contributed by atoms with van der Waals surface area (Å²) in [5, 5.41) is 0. The maximum absolute atomic E-state index is 12.7. The Hall–Kier alpha value is -1.57. The quantitative estimate of drug-likeness (QED) is 0.744. The van der Waals surface area contributed by atoms with E-state index < -0.39 is 0 Å². The van der Waals surface area contributed by atoms with E-state index in [0.717, 1.165) is 32.2 Å². The molecule has 1 spiro atoms. The highest BCUT2D eigenvalue weighted by Crippen LogP contribution is 2.42. The fourth-order valence-corrected chi connectivity index (χ4v) is 4.02. The van der Waals surface area contributed by atoms with Crippen LogP contribution in [0.5, 0.6) is 0 Å². The van der Waals surface area contributed by atoms with E-state index in [0.29, 0.717) is 18.2 Å². The molecule has 2 aliphatic rings. The summed E-state index contributed by atoms with van der Waals surface area (Å²) >= 11 is 0. The Morgan fingerprint density at radius 1 is 1.29 bits per heavy atom. The maximum Gasteiger partial charge on any atom is 0.223 e. The summed E-state index contributed by atoms with van der Waals surface area (Å²) in [4.78, 5) is 14.9. The average molecular weight is 283 g/mol. The van der Waals surface area contributed by atoms with Crippen molar-refractivity contribution in [1.29, 1.82) is 0 Å². The summed E-state index contributed by atoms with van der Waals surface area (Å²) < 4.78 is 0. The van der Waals surface area contributed by atoms with Crippen molar-refractivity contribution in [2.24, 2.45) is 5.92 Å². The van der Waals surface area contributed by atoms with E-state index in [1.807, 2.05) is 0 Å². The van der Waals surface area contributed by atoms with Crippen molar-refractivity contribution < 1.29 is 4.79 Å². The minimum atomic E-state index is 0.0613. The first kappa shape index (κ1) is 14.4. The van der Waals surface area contributed by atoms with E-state index in [9.17, 15) is 4.79 Å². The van der Waals surface area contributed by atoms with E-state index in [4.69, 9.17) is 0 Å². The molecule has 2 heteroatoms. The molecular weight excluding hydrogens is 258 g/mol. The Kier molecular flexibility index (Phi) is 3.88. The van der Waals surface area contributed by atoms with Crippen molar-refractivity contribution in [1.82, 2.24) is 4.90 Å². The average Bonchev–Trinajstić information content (AvgIpc) is 2.45. The molecule has 1 aliphatic carbocycles. The maximum atomic E-state index is 12.7. The zero-order valence-corrected chi connectivity index (χ0v) is 13.1. The van der Waals surface area contributed by atoms with Crippen LogP contribution in [0.15, 0.2) is 36.4 Å². The summed E-state index contributed by atoms with van der Waals surface area (Å²) in [7, 11) is 0. The van der Waals surface area contributed by atoms with Crippen LogP contribution in [0, 0.1) is 12.8 Å². The molecule has 0 aromatic heterocycles. The van der Waals surface area contributed by atoms with Gasteiger partial charge in [-0.25, -0.2) is 0 Å². The lowest BCUT2D eigenvalue weighted by Gasteiger charge is -2.50. The van der Waals surface area contributed by atoms with Crippen molar-refractivity contribution >= 4 is 5.91 Å². The molecule has 2 unspecified atom stereocenters. The number of likely N-dealkylation sites (tertiary alicyclic amines) is 1. The van der Waals surface area contributed by atoms with Gasteiger partial charge in [-0.2, -0.15) is 0 Å². The Bertz CT molecular complexity index is 562. The Balaban J connectivity index is 1.91. The number of piperidine rings is 1. The summed E-state index contributed by atoms with van der Waals surface area (Å²) in [5.74, 6) is 0.851. The van der Waals surface area contributed by atoms with Crippen molar-refractivity contribution in [3.8, 4) is 0 Å². The fraction of sp³-hybridized carbons (Fsp3) is 0.526. The normalized spacial score (nSPS) is 29.1. The lowest BCUT2D eigenvalue weighted by atomic mass is 9.73. The fourth-order valence-electron chi connectivity index (χ4n) is 4.02. The third kappa shape index (κ3) is 2.76. The zero-order chi connectivity index (χ0) is 14.9. The third-order valence-electron chi connectivity index (χ3n) is 5.16. The monoisotopic (exact) mass is 283 g/mol. The van der Waals surface area contributed by atoms with Crippen molar-refractivity contribution in [2.75, 3.05) is 0 Å². The molecule has 1 saturated heterocycles. The van der Waals surface area contributed by atoms with Crippen LogP contribution in [0.3, 0.4) is 0 Å². The number of rotatable bonds is 2. The largest absolute Gasteiger partial charge is 0.332 e. The Labute approximate surface area is 127 Å². The van der Waals surface area contributed by atoms with E-state index >= 15 is 0 Å². The minimum absolute atomic E-state index is 0.0613. The lowest BCUT2D eigenvalue weighted by molar-refractivity contribution is -0.146. The molecule has 112 valence electrons. The van der Waals surface area contributed by atoms with Crippen LogP contribution in [-0.4, -0.2) is 16.3 Å². The topological polar surface area (TPSA) is 20.3 Å². The number of amides is 1. The van der Waals surface area contributed by atoms with Gasteiger partial charge in [0, 0.05) is 18.5 Å². The second kappa shape index (κ2) is 5.67. The smallest absolute Gasteiger partial charge is 0.223 e. The SMILES string of the molecule is Cc1ccccc1CN1C(=O)CC(C)CC12CC=CCC2. The summed E-state index contributed by atoms with van der Waals surface area (Å²) in [6.07, 6.45) is 9.64. The van der Waals surface area contributed by atoms with Gasteiger partial charge in [-0.3, -0.25) is 4.79 Å². The van der Waals surface area contributed by atoms with Crippen molar-refractivity contribution in [2.45, 2.75) is 58.0 Å². The van der Waals surface area contributed by atoms with Gasteiger partial charge in [0.2, 0.25) is 5.91 Å². The molecule has 2 nitrogen and oxygen atoms in total. The summed E-state index contributed by atoms with van der Waals surface area (Å²) in [6, 6.07) is 8.44. The van der Waals surface area contributed by atoms with Gasteiger partial charge in [-0.05, 0) is 49.7 Å². The van der Waals surface area contributed by atoms with Gasteiger partial charge in [-0.15, -0.1) is 0 Å². The molecule has 3 rings (SSSR count). The van der Waals surface area contributed by atoms with Gasteiger partial charge in [-0.1, -0.05) is 43.3 Å². The molecule has 0 radical (unpaired) electrons.